The molecule has 0 aliphatic carbocycles. The summed E-state index contributed by atoms with van der Waals surface area (Å²) in [6.07, 6.45) is -5.32. The quantitative estimate of drug-likeness (QED) is 0.833. The van der Waals surface area contributed by atoms with Crippen LogP contribution in [0.15, 0.2) is 24.3 Å². The highest BCUT2D eigenvalue weighted by molar-refractivity contribution is 5.88. The van der Waals surface area contributed by atoms with Crippen LogP contribution in [0.4, 0.5) is 23.7 Å². The predicted octanol–water partition coefficient (Wildman–Crippen LogP) is 4.36. The predicted molar refractivity (Wildman–Crippen MR) is 75.3 cm³/mol. The van der Waals surface area contributed by atoms with Gasteiger partial charge >= 0.3 is 12.3 Å². The molecule has 0 saturated carbocycles. The minimum atomic E-state index is -4.51. The van der Waals surface area contributed by atoms with Crippen molar-refractivity contribution in [1.82, 2.24) is 0 Å². The normalized spacial score (nSPS) is 11.7. The lowest BCUT2D eigenvalue weighted by Gasteiger charge is -2.27. The highest BCUT2D eigenvalue weighted by Gasteiger charge is 2.32. The number of benzene rings is 1. The van der Waals surface area contributed by atoms with E-state index < -0.39 is 23.4 Å². The van der Waals surface area contributed by atoms with Crippen molar-refractivity contribution in [1.29, 1.82) is 5.26 Å². The summed E-state index contributed by atoms with van der Waals surface area (Å²) in [4.78, 5) is 13.2. The molecule has 0 unspecified atom stereocenters. The van der Waals surface area contributed by atoms with E-state index in [1.54, 1.807) is 20.8 Å². The summed E-state index contributed by atoms with van der Waals surface area (Å²) in [6.45, 7) is 4.91. The van der Waals surface area contributed by atoms with Crippen molar-refractivity contribution in [3.63, 3.8) is 0 Å². The molecule has 0 saturated heterocycles. The van der Waals surface area contributed by atoms with Crippen molar-refractivity contribution >= 4 is 11.8 Å². The van der Waals surface area contributed by atoms with Gasteiger partial charge in [-0.25, -0.2) is 4.79 Å². The van der Waals surface area contributed by atoms with Crippen molar-refractivity contribution < 1.29 is 22.7 Å². The van der Waals surface area contributed by atoms with E-state index in [4.69, 9.17) is 10.00 Å². The van der Waals surface area contributed by atoms with Gasteiger partial charge in [-0.3, -0.25) is 4.90 Å². The van der Waals surface area contributed by atoms with Crippen LogP contribution >= 0.6 is 0 Å². The van der Waals surface area contributed by atoms with E-state index in [1.165, 1.54) is 12.1 Å². The Morgan fingerprint density at radius 3 is 2.45 bits per heavy atom. The second-order valence-corrected chi connectivity index (χ2v) is 5.59. The number of carbonyl (C=O) groups is 1. The van der Waals surface area contributed by atoms with Crippen LogP contribution in [0.2, 0.25) is 0 Å². The van der Waals surface area contributed by atoms with Crippen LogP contribution in [0.5, 0.6) is 0 Å². The van der Waals surface area contributed by atoms with Gasteiger partial charge in [0.15, 0.2) is 0 Å². The Balaban J connectivity index is 3.12. The minimum Gasteiger partial charge on any atom is -0.443 e. The summed E-state index contributed by atoms with van der Waals surface area (Å²) < 4.78 is 43.5. The van der Waals surface area contributed by atoms with E-state index in [0.717, 1.165) is 17.0 Å². The van der Waals surface area contributed by atoms with Crippen molar-refractivity contribution in [2.24, 2.45) is 0 Å². The first-order chi connectivity index (χ1) is 10.0. The molecule has 7 heteroatoms. The number of anilines is 1. The minimum absolute atomic E-state index is 0.0184. The van der Waals surface area contributed by atoms with Gasteiger partial charge in [-0.15, -0.1) is 0 Å². The second-order valence-electron chi connectivity index (χ2n) is 5.59. The maximum atomic E-state index is 12.8. The van der Waals surface area contributed by atoms with Gasteiger partial charge in [-0.05, 0) is 39.0 Å². The molecule has 0 aromatic heterocycles. The third-order valence-corrected chi connectivity index (χ3v) is 2.55. The Morgan fingerprint density at radius 2 is 1.95 bits per heavy atom. The van der Waals surface area contributed by atoms with Gasteiger partial charge in [0.25, 0.3) is 0 Å². The maximum absolute atomic E-state index is 12.8. The van der Waals surface area contributed by atoms with Crippen LogP contribution < -0.4 is 4.90 Å². The molecule has 1 aromatic carbocycles. The molecule has 4 nitrogen and oxygen atoms in total. The summed E-state index contributed by atoms with van der Waals surface area (Å²) in [5.74, 6) is 0. The molecule has 0 fully saturated rings. The fourth-order valence-corrected chi connectivity index (χ4v) is 1.65. The Morgan fingerprint density at radius 1 is 1.32 bits per heavy atom. The van der Waals surface area contributed by atoms with E-state index in [-0.39, 0.29) is 18.7 Å². The number of amides is 1. The first-order valence-electron chi connectivity index (χ1n) is 6.59. The van der Waals surface area contributed by atoms with E-state index in [9.17, 15) is 18.0 Å². The molecule has 22 heavy (non-hydrogen) atoms. The van der Waals surface area contributed by atoms with Gasteiger partial charge < -0.3 is 4.74 Å². The lowest BCUT2D eigenvalue weighted by atomic mass is 10.1. The molecule has 0 spiro atoms. The maximum Gasteiger partial charge on any atom is 0.416 e. The number of alkyl halides is 3. The number of ether oxygens (including phenoxy) is 1. The Labute approximate surface area is 127 Å². The number of carbonyl (C=O) groups excluding carboxylic acids is 1. The zero-order chi connectivity index (χ0) is 17.0. The van der Waals surface area contributed by atoms with Crippen LogP contribution in [0.1, 0.15) is 32.8 Å². The number of nitriles is 1. The molecular formula is C15H17F3N2O2. The van der Waals surface area contributed by atoms with Crippen molar-refractivity contribution in [3.05, 3.63) is 29.8 Å². The first kappa shape index (κ1) is 17.8. The second kappa shape index (κ2) is 6.69. The molecule has 0 heterocycles. The molecule has 0 aliphatic rings. The zero-order valence-corrected chi connectivity index (χ0v) is 12.6. The molecule has 120 valence electrons. The summed E-state index contributed by atoms with van der Waals surface area (Å²) >= 11 is 0. The van der Waals surface area contributed by atoms with E-state index in [2.05, 4.69) is 0 Å². The number of rotatable bonds is 3. The van der Waals surface area contributed by atoms with Gasteiger partial charge in [0, 0.05) is 12.2 Å². The summed E-state index contributed by atoms with van der Waals surface area (Å²) in [7, 11) is 0. The fourth-order valence-electron chi connectivity index (χ4n) is 1.65. The molecule has 0 bridgehead atoms. The number of hydrogen-bond donors (Lipinski definition) is 0. The van der Waals surface area contributed by atoms with Gasteiger partial charge in [0.05, 0.1) is 18.1 Å². The molecular weight excluding hydrogens is 297 g/mol. The fraction of sp³-hybridized carbons (Fsp3) is 0.467. The van der Waals surface area contributed by atoms with Crippen LogP contribution in [-0.4, -0.2) is 18.2 Å². The van der Waals surface area contributed by atoms with Crippen LogP contribution in [-0.2, 0) is 10.9 Å². The molecule has 1 aromatic rings. The highest BCUT2D eigenvalue weighted by atomic mass is 19.4. The van der Waals surface area contributed by atoms with Gasteiger partial charge in [0.2, 0.25) is 0 Å². The van der Waals surface area contributed by atoms with Gasteiger partial charge in [-0.2, -0.15) is 18.4 Å². The molecule has 0 N–H and O–H groups in total. The molecule has 0 radical (unpaired) electrons. The topological polar surface area (TPSA) is 53.3 Å². The largest absolute Gasteiger partial charge is 0.443 e. The smallest absolute Gasteiger partial charge is 0.416 e. The Hall–Kier alpha value is -2.23. The monoisotopic (exact) mass is 314 g/mol. The SMILES string of the molecule is CC(C)(C)OC(=O)N(CCC#N)c1cccc(C(F)(F)F)c1. The third kappa shape index (κ3) is 5.28. The van der Waals surface area contributed by atoms with Gasteiger partial charge in [0.1, 0.15) is 5.60 Å². The lowest BCUT2D eigenvalue weighted by Crippen LogP contribution is -2.37. The van der Waals surface area contributed by atoms with Crippen molar-refractivity contribution in [3.8, 4) is 6.07 Å². The number of hydrogen-bond acceptors (Lipinski definition) is 3. The van der Waals surface area contributed by atoms with Crippen molar-refractivity contribution in [2.75, 3.05) is 11.4 Å². The Kier molecular flexibility index (Phi) is 5.42. The lowest BCUT2D eigenvalue weighted by molar-refractivity contribution is -0.137. The van der Waals surface area contributed by atoms with E-state index >= 15 is 0 Å². The molecule has 1 rings (SSSR count). The van der Waals surface area contributed by atoms with Crippen LogP contribution in [0.3, 0.4) is 0 Å². The number of halogens is 3. The summed E-state index contributed by atoms with van der Waals surface area (Å²) in [5, 5.41) is 8.65. The molecule has 1 amide bonds. The molecule has 0 aliphatic heterocycles. The van der Waals surface area contributed by atoms with E-state index in [0.29, 0.717) is 0 Å². The van der Waals surface area contributed by atoms with Crippen molar-refractivity contribution in [2.45, 2.75) is 39.0 Å². The zero-order valence-electron chi connectivity index (χ0n) is 12.6. The average molecular weight is 314 g/mol. The third-order valence-electron chi connectivity index (χ3n) is 2.55. The highest BCUT2D eigenvalue weighted by Crippen LogP contribution is 2.32. The summed E-state index contributed by atoms with van der Waals surface area (Å²) in [5.41, 5.74) is -1.61. The first-order valence-corrected chi connectivity index (χ1v) is 6.59. The van der Waals surface area contributed by atoms with Crippen LogP contribution in [0, 0.1) is 11.3 Å². The van der Waals surface area contributed by atoms with Crippen LogP contribution in [0.25, 0.3) is 0 Å². The average Bonchev–Trinajstić information content (AvgIpc) is 2.36. The standard InChI is InChI=1S/C15H17F3N2O2/c1-14(2,3)22-13(21)20(9-5-8-19)12-7-4-6-11(10-12)15(16,17)18/h4,6-7,10H,5,9H2,1-3H3. The summed E-state index contributed by atoms with van der Waals surface area (Å²) in [6, 6.07) is 6.22. The van der Waals surface area contributed by atoms with E-state index in [1.807, 2.05) is 6.07 Å². The number of nitrogens with zero attached hydrogens (tertiary/aromatic N) is 2. The molecule has 0 atom stereocenters. The van der Waals surface area contributed by atoms with Gasteiger partial charge in [-0.1, -0.05) is 6.07 Å². The Bertz CT molecular complexity index is 571.